The summed E-state index contributed by atoms with van der Waals surface area (Å²) in [6.45, 7) is 5.51. The maximum absolute atomic E-state index is 12.1. The zero-order valence-corrected chi connectivity index (χ0v) is 12.2. The third kappa shape index (κ3) is 5.42. The van der Waals surface area contributed by atoms with Crippen LogP contribution in [0, 0.1) is 0 Å². The molecule has 3 nitrogen and oxygen atoms in total. The Morgan fingerprint density at radius 2 is 2.00 bits per heavy atom. The Kier molecular flexibility index (Phi) is 5.47. The molecule has 0 spiro atoms. The summed E-state index contributed by atoms with van der Waals surface area (Å²) in [6.07, 6.45) is -2.77. The molecule has 1 rings (SSSR count). The van der Waals surface area contributed by atoms with E-state index in [0.717, 1.165) is 0 Å². The SMILES string of the molecule is CCC(C)(C)[S+]([O-])/N=C/c1cccc(OC(F)(F)F)c1. The van der Waals surface area contributed by atoms with E-state index in [4.69, 9.17) is 0 Å². The minimum atomic E-state index is -4.73. The van der Waals surface area contributed by atoms with Gasteiger partial charge in [0.25, 0.3) is 0 Å². The molecule has 1 aromatic rings. The van der Waals surface area contributed by atoms with Crippen LogP contribution in [0.1, 0.15) is 32.8 Å². The van der Waals surface area contributed by atoms with Gasteiger partial charge in [-0.25, -0.2) is 0 Å². The van der Waals surface area contributed by atoms with Crippen molar-refractivity contribution < 1.29 is 22.5 Å². The van der Waals surface area contributed by atoms with Crippen molar-refractivity contribution >= 4 is 17.6 Å². The van der Waals surface area contributed by atoms with Crippen LogP contribution in [0.3, 0.4) is 0 Å². The van der Waals surface area contributed by atoms with Crippen LogP contribution in [-0.2, 0) is 11.4 Å². The van der Waals surface area contributed by atoms with Gasteiger partial charge < -0.3 is 9.29 Å². The van der Waals surface area contributed by atoms with Crippen LogP contribution in [-0.4, -0.2) is 21.9 Å². The molecule has 0 aliphatic carbocycles. The van der Waals surface area contributed by atoms with Crippen molar-refractivity contribution in [3.05, 3.63) is 29.8 Å². The molecule has 1 aromatic carbocycles. The normalized spacial score (nSPS) is 14.6. The Morgan fingerprint density at radius 3 is 2.55 bits per heavy atom. The summed E-state index contributed by atoms with van der Waals surface area (Å²) < 4.78 is 55.3. The monoisotopic (exact) mass is 307 g/mol. The first-order chi connectivity index (χ1) is 9.14. The van der Waals surface area contributed by atoms with Gasteiger partial charge in [0, 0.05) is 5.56 Å². The highest BCUT2D eigenvalue weighted by molar-refractivity contribution is 7.91. The molecule has 0 aliphatic heterocycles. The molecule has 0 heterocycles. The van der Waals surface area contributed by atoms with E-state index in [0.29, 0.717) is 12.0 Å². The lowest BCUT2D eigenvalue weighted by Gasteiger charge is -2.21. The Balaban J connectivity index is 2.81. The number of nitrogens with zero attached hydrogens (tertiary/aromatic N) is 1. The summed E-state index contributed by atoms with van der Waals surface area (Å²) in [4.78, 5) is 0. The summed E-state index contributed by atoms with van der Waals surface area (Å²) in [5.41, 5.74) is 0.395. The number of halogens is 3. The van der Waals surface area contributed by atoms with Crippen LogP contribution in [0.5, 0.6) is 5.75 Å². The predicted octanol–water partition coefficient (Wildman–Crippen LogP) is 3.86. The molecule has 0 saturated carbocycles. The Hall–Kier alpha value is -1.21. The average Bonchev–Trinajstić information content (AvgIpc) is 2.34. The molecule has 112 valence electrons. The maximum Gasteiger partial charge on any atom is 0.573 e. The predicted molar refractivity (Wildman–Crippen MR) is 73.2 cm³/mol. The lowest BCUT2D eigenvalue weighted by atomic mass is 10.1. The molecule has 0 radical (unpaired) electrons. The second-order valence-electron chi connectivity index (χ2n) is 4.72. The molecular weight excluding hydrogens is 291 g/mol. The summed E-state index contributed by atoms with van der Waals surface area (Å²) in [5, 5.41) is 0. The van der Waals surface area contributed by atoms with Gasteiger partial charge in [0.2, 0.25) is 0 Å². The second kappa shape index (κ2) is 6.49. The smallest absolute Gasteiger partial charge is 0.573 e. The van der Waals surface area contributed by atoms with E-state index >= 15 is 0 Å². The maximum atomic E-state index is 12.1. The summed E-state index contributed by atoms with van der Waals surface area (Å²) >= 11 is -1.45. The lowest BCUT2D eigenvalue weighted by Crippen LogP contribution is -2.29. The number of hydrogen-bond acceptors (Lipinski definition) is 3. The first-order valence-corrected chi connectivity index (χ1v) is 7.06. The molecular formula is C13H16F3NO2S. The molecule has 1 unspecified atom stereocenters. The van der Waals surface area contributed by atoms with Crippen molar-refractivity contribution in [1.82, 2.24) is 0 Å². The van der Waals surface area contributed by atoms with Crippen LogP contribution in [0.15, 0.2) is 28.7 Å². The number of ether oxygens (including phenoxy) is 1. The number of alkyl halides is 3. The molecule has 0 aliphatic rings. The van der Waals surface area contributed by atoms with E-state index < -0.39 is 22.5 Å². The molecule has 0 N–H and O–H groups in total. The molecule has 0 amide bonds. The number of rotatable bonds is 5. The zero-order valence-electron chi connectivity index (χ0n) is 11.4. The first-order valence-electron chi connectivity index (χ1n) is 5.96. The quantitative estimate of drug-likeness (QED) is 0.612. The molecule has 7 heteroatoms. The molecule has 0 bridgehead atoms. The topological polar surface area (TPSA) is 44.7 Å². The van der Waals surface area contributed by atoms with Crippen LogP contribution < -0.4 is 4.74 Å². The van der Waals surface area contributed by atoms with Gasteiger partial charge in [-0.2, -0.15) is 0 Å². The van der Waals surface area contributed by atoms with E-state index in [2.05, 4.69) is 9.13 Å². The van der Waals surface area contributed by atoms with Crippen molar-refractivity contribution in [3.63, 3.8) is 0 Å². The highest BCUT2D eigenvalue weighted by Crippen LogP contribution is 2.24. The Bertz CT molecular complexity index is 475. The van der Waals surface area contributed by atoms with Crippen molar-refractivity contribution in [3.8, 4) is 5.75 Å². The fraction of sp³-hybridized carbons (Fsp3) is 0.462. The van der Waals surface area contributed by atoms with Crippen LogP contribution in [0.25, 0.3) is 0 Å². The van der Waals surface area contributed by atoms with Gasteiger partial charge >= 0.3 is 6.36 Å². The van der Waals surface area contributed by atoms with Crippen LogP contribution in [0.4, 0.5) is 13.2 Å². The standard InChI is InChI=1S/C13H16F3NO2S/c1-4-12(2,3)20(18)17-9-10-6-5-7-11(8-10)19-13(14,15)16/h5-9H,4H2,1-3H3/b17-9+. The van der Waals surface area contributed by atoms with Gasteiger partial charge in [0.1, 0.15) is 21.9 Å². The van der Waals surface area contributed by atoms with Crippen LogP contribution in [0.2, 0.25) is 0 Å². The molecule has 0 fully saturated rings. The van der Waals surface area contributed by atoms with Gasteiger partial charge in [0.15, 0.2) is 0 Å². The first kappa shape index (κ1) is 16.8. The zero-order chi connectivity index (χ0) is 15.4. The molecule has 20 heavy (non-hydrogen) atoms. The third-order valence-corrected chi connectivity index (χ3v) is 4.24. The molecule has 1 atom stereocenters. The van der Waals surface area contributed by atoms with Gasteiger partial charge in [-0.3, -0.25) is 0 Å². The summed E-state index contributed by atoms with van der Waals surface area (Å²) in [5.74, 6) is -0.331. The van der Waals surface area contributed by atoms with E-state index in [-0.39, 0.29) is 5.75 Å². The third-order valence-electron chi connectivity index (χ3n) is 2.71. The highest BCUT2D eigenvalue weighted by Gasteiger charge is 2.31. The number of hydrogen-bond donors (Lipinski definition) is 0. The van der Waals surface area contributed by atoms with Crippen molar-refractivity contribution in [2.45, 2.75) is 38.3 Å². The van der Waals surface area contributed by atoms with Crippen molar-refractivity contribution in [2.75, 3.05) is 0 Å². The fourth-order valence-electron chi connectivity index (χ4n) is 1.17. The molecule has 0 aromatic heterocycles. The minimum absolute atomic E-state index is 0.331. The highest BCUT2D eigenvalue weighted by atomic mass is 32.2. The van der Waals surface area contributed by atoms with Crippen LogP contribution >= 0.6 is 0 Å². The van der Waals surface area contributed by atoms with Crippen molar-refractivity contribution in [2.24, 2.45) is 4.40 Å². The fourth-order valence-corrected chi connectivity index (χ4v) is 1.92. The van der Waals surface area contributed by atoms with Gasteiger partial charge in [-0.05, 0) is 32.4 Å². The van der Waals surface area contributed by atoms with E-state index in [9.17, 15) is 17.7 Å². The van der Waals surface area contributed by atoms with E-state index in [1.54, 1.807) is 6.07 Å². The molecule has 0 saturated heterocycles. The van der Waals surface area contributed by atoms with Gasteiger partial charge in [-0.15, -0.1) is 13.2 Å². The number of benzene rings is 1. The van der Waals surface area contributed by atoms with Gasteiger partial charge in [-0.1, -0.05) is 23.5 Å². The second-order valence-corrected chi connectivity index (χ2v) is 6.53. The summed E-state index contributed by atoms with van der Waals surface area (Å²) in [7, 11) is 0. The Labute approximate surface area is 119 Å². The van der Waals surface area contributed by atoms with Gasteiger partial charge in [0.05, 0.1) is 6.21 Å². The average molecular weight is 307 g/mol. The van der Waals surface area contributed by atoms with Crippen molar-refractivity contribution in [1.29, 1.82) is 0 Å². The Morgan fingerprint density at radius 1 is 1.35 bits per heavy atom. The van der Waals surface area contributed by atoms with E-state index in [1.807, 2.05) is 20.8 Å². The minimum Gasteiger partial charge on any atom is -0.591 e. The largest absolute Gasteiger partial charge is 0.591 e. The summed E-state index contributed by atoms with van der Waals surface area (Å²) in [6, 6.07) is 5.35. The lowest BCUT2D eigenvalue weighted by molar-refractivity contribution is -0.274. The van der Waals surface area contributed by atoms with E-state index in [1.165, 1.54) is 24.4 Å².